The molecule has 0 spiro atoms. The average molecular weight is 323 g/mol. The van der Waals surface area contributed by atoms with E-state index in [1.165, 1.54) is 0 Å². The molecule has 112 valence electrons. The SMILES string of the molecule is CC1(C)OC(COS(N)(=O)=O)C(c2cnccc2Cl)O1. The monoisotopic (exact) mass is 322 g/mol. The van der Waals surface area contributed by atoms with Crippen LogP contribution in [0.25, 0.3) is 0 Å². The van der Waals surface area contributed by atoms with Gasteiger partial charge in [-0.1, -0.05) is 11.6 Å². The Bertz CT molecular complexity index is 592. The van der Waals surface area contributed by atoms with Crippen molar-refractivity contribution in [3.63, 3.8) is 0 Å². The third kappa shape index (κ3) is 3.87. The Morgan fingerprint density at radius 1 is 1.50 bits per heavy atom. The van der Waals surface area contributed by atoms with E-state index >= 15 is 0 Å². The van der Waals surface area contributed by atoms with Crippen LogP contribution in [0.1, 0.15) is 25.5 Å². The van der Waals surface area contributed by atoms with Crippen molar-refractivity contribution in [1.29, 1.82) is 0 Å². The third-order valence-electron chi connectivity index (χ3n) is 2.68. The van der Waals surface area contributed by atoms with E-state index in [-0.39, 0.29) is 6.61 Å². The molecule has 1 fully saturated rings. The lowest BCUT2D eigenvalue weighted by molar-refractivity contribution is -0.148. The van der Waals surface area contributed by atoms with Gasteiger partial charge in [0, 0.05) is 23.0 Å². The first kappa shape index (κ1) is 15.6. The van der Waals surface area contributed by atoms with Crippen LogP contribution in [0.15, 0.2) is 18.5 Å². The number of nitrogens with zero attached hydrogens (tertiary/aromatic N) is 1. The quantitative estimate of drug-likeness (QED) is 0.892. The zero-order valence-electron chi connectivity index (χ0n) is 10.9. The molecule has 1 saturated heterocycles. The average Bonchev–Trinajstić information content (AvgIpc) is 2.62. The molecule has 0 aromatic carbocycles. The van der Waals surface area contributed by atoms with E-state index in [4.69, 9.17) is 26.2 Å². The van der Waals surface area contributed by atoms with Crippen LogP contribution in [0.2, 0.25) is 5.02 Å². The Morgan fingerprint density at radius 3 is 2.80 bits per heavy atom. The molecule has 20 heavy (non-hydrogen) atoms. The van der Waals surface area contributed by atoms with Gasteiger partial charge in [-0.15, -0.1) is 0 Å². The van der Waals surface area contributed by atoms with Crippen molar-refractivity contribution >= 4 is 21.9 Å². The maximum atomic E-state index is 10.9. The highest BCUT2D eigenvalue weighted by Gasteiger charge is 2.43. The number of halogens is 1. The van der Waals surface area contributed by atoms with E-state index < -0.39 is 28.3 Å². The summed E-state index contributed by atoms with van der Waals surface area (Å²) in [7, 11) is -4.05. The van der Waals surface area contributed by atoms with Crippen LogP contribution in [0, 0.1) is 0 Å². The summed E-state index contributed by atoms with van der Waals surface area (Å²) in [4.78, 5) is 3.98. The number of ether oxygens (including phenoxy) is 2. The summed E-state index contributed by atoms with van der Waals surface area (Å²) in [6, 6.07) is 1.61. The summed E-state index contributed by atoms with van der Waals surface area (Å²) in [5.74, 6) is -0.893. The van der Waals surface area contributed by atoms with Crippen molar-refractivity contribution in [3.05, 3.63) is 29.0 Å². The summed E-state index contributed by atoms with van der Waals surface area (Å²) in [5, 5.41) is 5.26. The van der Waals surface area contributed by atoms with E-state index in [0.717, 1.165) is 0 Å². The predicted molar refractivity (Wildman–Crippen MR) is 71.1 cm³/mol. The molecular formula is C11H15ClN2O5S. The number of hydrogen-bond acceptors (Lipinski definition) is 6. The van der Waals surface area contributed by atoms with Crippen molar-refractivity contribution in [2.75, 3.05) is 6.61 Å². The maximum absolute atomic E-state index is 10.9. The minimum atomic E-state index is -4.05. The molecule has 1 aromatic rings. The van der Waals surface area contributed by atoms with Crippen LogP contribution >= 0.6 is 11.6 Å². The molecule has 2 rings (SSSR count). The molecule has 2 N–H and O–H groups in total. The minimum absolute atomic E-state index is 0.266. The van der Waals surface area contributed by atoms with Gasteiger partial charge in [0.2, 0.25) is 0 Å². The zero-order chi connectivity index (χ0) is 15.0. The first-order valence-electron chi connectivity index (χ1n) is 5.80. The van der Waals surface area contributed by atoms with Gasteiger partial charge >= 0.3 is 10.3 Å². The number of nitrogens with two attached hydrogens (primary N) is 1. The molecule has 1 aromatic heterocycles. The summed E-state index contributed by atoms with van der Waals surface area (Å²) >= 11 is 6.09. The minimum Gasteiger partial charge on any atom is -0.342 e. The van der Waals surface area contributed by atoms with Gasteiger partial charge in [0.1, 0.15) is 12.2 Å². The van der Waals surface area contributed by atoms with Gasteiger partial charge in [-0.3, -0.25) is 9.17 Å². The van der Waals surface area contributed by atoms with E-state index in [2.05, 4.69) is 9.17 Å². The maximum Gasteiger partial charge on any atom is 0.333 e. The number of rotatable bonds is 4. The zero-order valence-corrected chi connectivity index (χ0v) is 12.5. The van der Waals surface area contributed by atoms with Crippen molar-refractivity contribution in [2.45, 2.75) is 31.8 Å². The van der Waals surface area contributed by atoms with Gasteiger partial charge in [0.15, 0.2) is 5.79 Å². The second kappa shape index (κ2) is 5.55. The fourth-order valence-corrected chi connectivity index (χ4v) is 2.52. The van der Waals surface area contributed by atoms with Crippen LogP contribution in [-0.2, 0) is 24.0 Å². The van der Waals surface area contributed by atoms with E-state index in [1.54, 1.807) is 32.3 Å². The summed E-state index contributed by atoms with van der Waals surface area (Å²) in [5.41, 5.74) is 0.600. The summed E-state index contributed by atoms with van der Waals surface area (Å²) in [6.07, 6.45) is 1.84. The molecule has 2 heterocycles. The van der Waals surface area contributed by atoms with Gasteiger partial charge in [0.05, 0.1) is 6.61 Å². The Morgan fingerprint density at radius 2 is 2.20 bits per heavy atom. The topological polar surface area (TPSA) is 101 Å². The Balaban J connectivity index is 2.23. The van der Waals surface area contributed by atoms with Crippen LogP contribution < -0.4 is 5.14 Å². The lowest BCUT2D eigenvalue weighted by atomic mass is 10.1. The van der Waals surface area contributed by atoms with Gasteiger partial charge in [0.25, 0.3) is 0 Å². The van der Waals surface area contributed by atoms with Gasteiger partial charge in [-0.05, 0) is 19.9 Å². The number of aromatic nitrogens is 1. The first-order valence-corrected chi connectivity index (χ1v) is 7.65. The summed E-state index contributed by atoms with van der Waals surface area (Å²) < 4.78 is 37.7. The van der Waals surface area contributed by atoms with E-state index in [0.29, 0.717) is 10.6 Å². The van der Waals surface area contributed by atoms with E-state index in [1.807, 2.05) is 0 Å². The molecule has 0 bridgehead atoms. The van der Waals surface area contributed by atoms with Gasteiger partial charge in [-0.25, -0.2) is 5.14 Å². The highest BCUT2D eigenvalue weighted by molar-refractivity contribution is 7.84. The van der Waals surface area contributed by atoms with Crippen LogP contribution in [0.5, 0.6) is 0 Å². The lowest BCUT2D eigenvalue weighted by Gasteiger charge is -2.17. The standard InChI is InChI=1S/C11H15ClN2O5S/c1-11(2)18-9(6-17-20(13,15)16)10(19-11)7-5-14-4-3-8(7)12/h3-5,9-10H,6H2,1-2H3,(H2,13,15,16). The largest absolute Gasteiger partial charge is 0.342 e. The van der Waals surface area contributed by atoms with Crippen LogP contribution in [0.4, 0.5) is 0 Å². The molecule has 0 aliphatic carbocycles. The molecule has 2 atom stereocenters. The Kier molecular flexibility index (Phi) is 4.33. The molecule has 1 aliphatic heterocycles. The van der Waals surface area contributed by atoms with Crippen molar-refractivity contribution in [1.82, 2.24) is 4.98 Å². The molecule has 1 aliphatic rings. The third-order valence-corrected chi connectivity index (χ3v) is 3.49. The fraction of sp³-hybridized carbons (Fsp3) is 0.545. The van der Waals surface area contributed by atoms with E-state index in [9.17, 15) is 8.42 Å². The smallest absolute Gasteiger partial charge is 0.333 e. The second-order valence-electron chi connectivity index (χ2n) is 4.77. The first-order chi connectivity index (χ1) is 9.18. The molecule has 0 radical (unpaired) electrons. The van der Waals surface area contributed by atoms with Gasteiger partial charge in [-0.2, -0.15) is 8.42 Å². The molecule has 9 heteroatoms. The highest BCUT2D eigenvalue weighted by Crippen LogP contribution is 2.40. The van der Waals surface area contributed by atoms with Crippen LogP contribution in [0.3, 0.4) is 0 Å². The fourth-order valence-electron chi connectivity index (χ4n) is 1.98. The normalized spacial score (nSPS) is 25.8. The molecule has 2 unspecified atom stereocenters. The number of pyridine rings is 1. The number of hydrogen-bond donors (Lipinski definition) is 1. The summed E-state index contributed by atoms with van der Waals surface area (Å²) in [6.45, 7) is 3.15. The highest BCUT2D eigenvalue weighted by atomic mass is 35.5. The van der Waals surface area contributed by atoms with Crippen molar-refractivity contribution in [3.8, 4) is 0 Å². The molecule has 0 saturated carbocycles. The van der Waals surface area contributed by atoms with Crippen LogP contribution in [-0.4, -0.2) is 31.9 Å². The molecule has 0 amide bonds. The Hall–Kier alpha value is -0.770. The van der Waals surface area contributed by atoms with Crippen molar-refractivity contribution < 1.29 is 22.1 Å². The second-order valence-corrected chi connectivity index (χ2v) is 6.40. The Labute approximate surface area is 122 Å². The van der Waals surface area contributed by atoms with Crippen molar-refractivity contribution in [2.24, 2.45) is 5.14 Å². The van der Waals surface area contributed by atoms with Gasteiger partial charge < -0.3 is 9.47 Å². The lowest BCUT2D eigenvalue weighted by Crippen LogP contribution is -2.28. The molecular weight excluding hydrogens is 308 g/mol. The molecule has 7 nitrogen and oxygen atoms in total. The predicted octanol–water partition coefficient (Wildman–Crippen LogP) is 1.15.